The van der Waals surface area contributed by atoms with E-state index in [0.717, 1.165) is 0 Å². The molecule has 0 saturated heterocycles. The third-order valence-electron chi connectivity index (χ3n) is 2.69. The number of aromatic nitrogens is 3. The summed E-state index contributed by atoms with van der Waals surface area (Å²) in [5, 5.41) is 17.5. The van der Waals surface area contributed by atoms with Gasteiger partial charge in [-0.3, -0.25) is 4.79 Å². The van der Waals surface area contributed by atoms with E-state index in [1.54, 1.807) is 30.0 Å². The van der Waals surface area contributed by atoms with Gasteiger partial charge in [-0.1, -0.05) is 11.8 Å². The minimum atomic E-state index is -0.329. The van der Waals surface area contributed by atoms with Crippen molar-refractivity contribution in [2.75, 3.05) is 5.75 Å². The zero-order valence-electron chi connectivity index (χ0n) is 11.5. The lowest BCUT2D eigenvalue weighted by atomic mass is 10.2. The molecule has 2 N–H and O–H groups in total. The van der Waals surface area contributed by atoms with Gasteiger partial charge in [0.05, 0.1) is 12.0 Å². The molecule has 0 aliphatic rings. The molecule has 0 unspecified atom stereocenters. The fourth-order valence-electron chi connectivity index (χ4n) is 1.63. The maximum atomic E-state index is 11.9. The summed E-state index contributed by atoms with van der Waals surface area (Å²) in [6, 6.07) is 5.35. The number of nitrogens with zero attached hydrogens (tertiary/aromatic N) is 4. The van der Waals surface area contributed by atoms with E-state index in [9.17, 15) is 4.79 Å². The molecular weight excluding hydrogens is 290 g/mol. The summed E-state index contributed by atoms with van der Waals surface area (Å²) in [4.78, 5) is 11.9. The summed E-state index contributed by atoms with van der Waals surface area (Å²) in [5.41, 5.74) is 5.70. The number of allylic oxidation sites excluding steroid dienone is 2. The lowest BCUT2D eigenvalue weighted by molar-refractivity contribution is -0.112. The number of carbonyl (C=O) groups excluding carboxylic acids is 1. The first kappa shape index (κ1) is 14.9. The second kappa shape index (κ2) is 6.28. The largest absolute Gasteiger partial charge is 0.461 e. The standard InChI is InChI=1S/C13H13N5O2S/c1-8(15)9(6-14)10(19)7-21-13-17-16-12(18(13)2)11-4-3-5-20-11/h3-5H,7,15H2,1-2H3/b9-8+. The highest BCUT2D eigenvalue weighted by Gasteiger charge is 2.16. The van der Waals surface area contributed by atoms with Gasteiger partial charge in [0.1, 0.15) is 11.6 Å². The number of carbonyl (C=O) groups is 1. The van der Waals surface area contributed by atoms with E-state index >= 15 is 0 Å². The molecule has 108 valence electrons. The molecule has 0 atom stereocenters. The van der Waals surface area contributed by atoms with E-state index in [1.165, 1.54) is 18.7 Å². The lowest BCUT2D eigenvalue weighted by Gasteiger charge is -2.02. The third-order valence-corrected chi connectivity index (χ3v) is 3.71. The van der Waals surface area contributed by atoms with Crippen LogP contribution in [0.25, 0.3) is 11.6 Å². The van der Waals surface area contributed by atoms with Crippen LogP contribution in [0.1, 0.15) is 6.92 Å². The smallest absolute Gasteiger partial charge is 0.200 e. The first-order chi connectivity index (χ1) is 10.0. The van der Waals surface area contributed by atoms with Gasteiger partial charge < -0.3 is 14.7 Å². The van der Waals surface area contributed by atoms with Gasteiger partial charge in [-0.25, -0.2) is 0 Å². The average molecular weight is 303 g/mol. The molecule has 8 heteroatoms. The summed E-state index contributed by atoms with van der Waals surface area (Å²) in [7, 11) is 1.78. The molecule has 0 spiro atoms. The molecule has 0 fully saturated rings. The number of ketones is 1. The molecule has 21 heavy (non-hydrogen) atoms. The Morgan fingerprint density at radius 3 is 2.90 bits per heavy atom. The number of hydrogen-bond acceptors (Lipinski definition) is 7. The molecule has 0 aliphatic carbocycles. The first-order valence-corrected chi connectivity index (χ1v) is 6.99. The first-order valence-electron chi connectivity index (χ1n) is 6.00. The van der Waals surface area contributed by atoms with Crippen molar-refractivity contribution >= 4 is 17.5 Å². The fraction of sp³-hybridized carbons (Fsp3) is 0.231. The quantitative estimate of drug-likeness (QED) is 0.506. The normalized spacial score (nSPS) is 11.9. The molecule has 2 aromatic rings. The van der Waals surface area contributed by atoms with E-state index in [4.69, 9.17) is 15.4 Å². The van der Waals surface area contributed by atoms with Crippen LogP contribution >= 0.6 is 11.8 Å². The molecule has 2 rings (SSSR count). The van der Waals surface area contributed by atoms with Crippen molar-refractivity contribution in [3.8, 4) is 17.7 Å². The Hall–Kier alpha value is -2.53. The highest BCUT2D eigenvalue weighted by Crippen LogP contribution is 2.23. The van der Waals surface area contributed by atoms with Crippen LogP contribution in [0.4, 0.5) is 0 Å². The fourth-order valence-corrected chi connectivity index (χ4v) is 2.42. The molecule has 0 aromatic carbocycles. The van der Waals surface area contributed by atoms with E-state index in [0.29, 0.717) is 16.7 Å². The summed E-state index contributed by atoms with van der Waals surface area (Å²) in [6.45, 7) is 1.53. The molecule has 0 amide bonds. The van der Waals surface area contributed by atoms with E-state index in [2.05, 4.69) is 10.2 Å². The van der Waals surface area contributed by atoms with Crippen molar-refractivity contribution in [3.63, 3.8) is 0 Å². The second-order valence-electron chi connectivity index (χ2n) is 4.22. The van der Waals surface area contributed by atoms with Gasteiger partial charge in [0.2, 0.25) is 0 Å². The van der Waals surface area contributed by atoms with Gasteiger partial charge in [0.15, 0.2) is 22.5 Å². The van der Waals surface area contributed by atoms with Crippen LogP contribution in [-0.4, -0.2) is 26.3 Å². The SMILES string of the molecule is C/C(N)=C(/C#N)C(=O)CSc1nnc(-c2ccco2)n1C. The van der Waals surface area contributed by atoms with Crippen LogP contribution in [0.2, 0.25) is 0 Å². The molecule has 0 bridgehead atoms. The Kier molecular flexibility index (Phi) is 4.45. The monoisotopic (exact) mass is 303 g/mol. The van der Waals surface area contributed by atoms with Crippen molar-refractivity contribution < 1.29 is 9.21 Å². The minimum absolute atomic E-state index is 0.0177. The Bertz CT molecular complexity index is 720. The predicted octanol–water partition coefficient (Wildman–Crippen LogP) is 1.49. The van der Waals surface area contributed by atoms with Crippen molar-refractivity contribution in [1.29, 1.82) is 5.26 Å². The van der Waals surface area contributed by atoms with Crippen molar-refractivity contribution in [2.45, 2.75) is 12.1 Å². The van der Waals surface area contributed by atoms with Gasteiger partial charge in [0, 0.05) is 12.7 Å². The van der Waals surface area contributed by atoms with Crippen molar-refractivity contribution in [1.82, 2.24) is 14.8 Å². The summed E-state index contributed by atoms with van der Waals surface area (Å²) in [5.74, 6) is 0.909. The van der Waals surface area contributed by atoms with Gasteiger partial charge in [-0.15, -0.1) is 10.2 Å². The number of hydrogen-bond donors (Lipinski definition) is 1. The molecule has 2 aromatic heterocycles. The highest BCUT2D eigenvalue weighted by atomic mass is 32.2. The minimum Gasteiger partial charge on any atom is -0.461 e. The highest BCUT2D eigenvalue weighted by molar-refractivity contribution is 7.99. The predicted molar refractivity (Wildman–Crippen MR) is 76.9 cm³/mol. The van der Waals surface area contributed by atoms with Crippen LogP contribution in [0, 0.1) is 11.3 Å². The molecule has 2 heterocycles. The number of furan rings is 1. The summed E-state index contributed by atoms with van der Waals surface area (Å²) < 4.78 is 6.98. The Morgan fingerprint density at radius 2 is 2.33 bits per heavy atom. The van der Waals surface area contributed by atoms with Gasteiger partial charge in [-0.2, -0.15) is 5.26 Å². The van der Waals surface area contributed by atoms with Gasteiger partial charge in [0.25, 0.3) is 0 Å². The maximum Gasteiger partial charge on any atom is 0.200 e. The average Bonchev–Trinajstić information content (AvgIpc) is 3.06. The molecule has 0 saturated carbocycles. The van der Waals surface area contributed by atoms with Crippen molar-refractivity contribution in [3.05, 3.63) is 29.7 Å². The summed E-state index contributed by atoms with van der Waals surface area (Å²) in [6.07, 6.45) is 1.55. The van der Waals surface area contributed by atoms with Crippen LogP contribution < -0.4 is 5.73 Å². The Balaban J connectivity index is 2.11. The molecule has 0 radical (unpaired) electrons. The number of nitrogens with two attached hydrogens (primary N) is 1. The van der Waals surface area contributed by atoms with Crippen LogP contribution in [0.5, 0.6) is 0 Å². The molecular formula is C13H13N5O2S. The topological polar surface area (TPSA) is 111 Å². The Labute approximate surface area is 125 Å². The molecule has 0 aliphatic heterocycles. The van der Waals surface area contributed by atoms with Crippen LogP contribution in [0.15, 0.2) is 39.2 Å². The zero-order valence-corrected chi connectivity index (χ0v) is 12.3. The van der Waals surface area contributed by atoms with Gasteiger partial charge >= 0.3 is 0 Å². The van der Waals surface area contributed by atoms with E-state index < -0.39 is 0 Å². The number of Topliss-reactive ketones (excluding diaryl/α,β-unsaturated/α-hetero) is 1. The third kappa shape index (κ3) is 3.14. The van der Waals surface area contributed by atoms with E-state index in [-0.39, 0.29) is 22.8 Å². The zero-order chi connectivity index (χ0) is 15.4. The number of nitriles is 1. The van der Waals surface area contributed by atoms with Crippen LogP contribution in [0.3, 0.4) is 0 Å². The second-order valence-corrected chi connectivity index (χ2v) is 5.17. The molecule has 7 nitrogen and oxygen atoms in total. The number of rotatable bonds is 5. The lowest BCUT2D eigenvalue weighted by Crippen LogP contribution is -2.10. The number of thioether (sulfide) groups is 1. The summed E-state index contributed by atoms with van der Waals surface area (Å²) >= 11 is 1.19. The van der Waals surface area contributed by atoms with Crippen molar-refractivity contribution in [2.24, 2.45) is 12.8 Å². The van der Waals surface area contributed by atoms with E-state index in [1.807, 2.05) is 6.07 Å². The Morgan fingerprint density at radius 1 is 1.57 bits per heavy atom. The van der Waals surface area contributed by atoms with Gasteiger partial charge in [-0.05, 0) is 19.1 Å². The van der Waals surface area contributed by atoms with Crippen LogP contribution in [-0.2, 0) is 11.8 Å². The maximum absolute atomic E-state index is 11.9.